The molecule has 0 aliphatic rings. The Labute approximate surface area is 142 Å². The molecule has 24 heavy (non-hydrogen) atoms. The third-order valence-corrected chi connectivity index (χ3v) is 4.11. The van der Waals surface area contributed by atoms with Crippen LogP contribution in [0.3, 0.4) is 0 Å². The molecule has 3 aromatic rings. The highest BCUT2D eigenvalue weighted by Gasteiger charge is 2.16. The van der Waals surface area contributed by atoms with Crippen LogP contribution < -0.4 is 5.32 Å². The van der Waals surface area contributed by atoms with Gasteiger partial charge >= 0.3 is 0 Å². The molecule has 0 aliphatic carbocycles. The number of rotatable bonds is 4. The molecule has 1 aromatic carbocycles. The topological polar surface area (TPSA) is 46.9 Å². The average Bonchev–Trinajstić information content (AvgIpc) is 2.88. The second-order valence-corrected chi connectivity index (χ2v) is 6.00. The fourth-order valence-electron chi connectivity index (χ4n) is 2.94. The standard InChI is InChI=1S/C20H21N3O/c1-14-6-4-8-18(10-14)23-15(2)11-19(16(23)3)20(24)22-13-17-7-5-9-21-12-17/h4-12H,13H2,1-3H3,(H,22,24). The zero-order chi connectivity index (χ0) is 17.1. The van der Waals surface area contributed by atoms with Crippen molar-refractivity contribution in [3.63, 3.8) is 0 Å². The molecule has 0 aliphatic heterocycles. The van der Waals surface area contributed by atoms with Crippen molar-refractivity contribution in [2.24, 2.45) is 0 Å². The van der Waals surface area contributed by atoms with Gasteiger partial charge in [0.1, 0.15) is 0 Å². The lowest BCUT2D eigenvalue weighted by atomic mass is 10.2. The van der Waals surface area contributed by atoms with Crippen LogP contribution in [-0.2, 0) is 6.54 Å². The third-order valence-electron chi connectivity index (χ3n) is 4.11. The molecule has 122 valence electrons. The maximum absolute atomic E-state index is 12.6. The molecule has 0 saturated carbocycles. The summed E-state index contributed by atoms with van der Waals surface area (Å²) < 4.78 is 2.12. The van der Waals surface area contributed by atoms with Gasteiger partial charge in [0, 0.05) is 36.0 Å². The van der Waals surface area contributed by atoms with Crippen LogP contribution in [0.2, 0.25) is 0 Å². The van der Waals surface area contributed by atoms with Crippen LogP contribution in [0.5, 0.6) is 0 Å². The van der Waals surface area contributed by atoms with Crippen LogP contribution in [0, 0.1) is 20.8 Å². The quantitative estimate of drug-likeness (QED) is 0.796. The van der Waals surface area contributed by atoms with E-state index in [9.17, 15) is 4.79 Å². The maximum atomic E-state index is 12.6. The summed E-state index contributed by atoms with van der Waals surface area (Å²) in [6.07, 6.45) is 3.48. The number of carbonyl (C=O) groups excluding carboxylic acids is 1. The first kappa shape index (κ1) is 16.0. The van der Waals surface area contributed by atoms with Gasteiger partial charge in [-0.3, -0.25) is 9.78 Å². The van der Waals surface area contributed by atoms with Crippen molar-refractivity contribution in [1.29, 1.82) is 0 Å². The molecule has 0 unspecified atom stereocenters. The summed E-state index contributed by atoms with van der Waals surface area (Å²) in [7, 11) is 0. The van der Waals surface area contributed by atoms with E-state index in [1.54, 1.807) is 12.4 Å². The highest BCUT2D eigenvalue weighted by molar-refractivity contribution is 5.95. The van der Waals surface area contributed by atoms with Crippen molar-refractivity contribution in [1.82, 2.24) is 14.9 Å². The van der Waals surface area contributed by atoms with E-state index >= 15 is 0 Å². The molecular weight excluding hydrogens is 298 g/mol. The minimum Gasteiger partial charge on any atom is -0.348 e. The molecule has 2 heterocycles. The van der Waals surface area contributed by atoms with Gasteiger partial charge in [-0.25, -0.2) is 0 Å². The predicted molar refractivity (Wildman–Crippen MR) is 95.4 cm³/mol. The number of carbonyl (C=O) groups is 1. The normalized spacial score (nSPS) is 10.6. The number of nitrogens with zero attached hydrogens (tertiary/aromatic N) is 2. The Balaban J connectivity index is 1.84. The van der Waals surface area contributed by atoms with Crippen molar-refractivity contribution in [3.05, 3.63) is 82.9 Å². The molecule has 0 saturated heterocycles. The molecule has 0 spiro atoms. The smallest absolute Gasteiger partial charge is 0.253 e. The Hall–Kier alpha value is -2.88. The van der Waals surface area contributed by atoms with Gasteiger partial charge in [-0.15, -0.1) is 0 Å². The van der Waals surface area contributed by atoms with Crippen LogP contribution in [0.25, 0.3) is 5.69 Å². The number of hydrogen-bond acceptors (Lipinski definition) is 2. The van der Waals surface area contributed by atoms with Crippen molar-refractivity contribution in [3.8, 4) is 5.69 Å². The molecule has 0 fully saturated rings. The molecular formula is C20H21N3O. The van der Waals surface area contributed by atoms with Crippen LogP contribution >= 0.6 is 0 Å². The average molecular weight is 319 g/mol. The summed E-state index contributed by atoms with van der Waals surface area (Å²) in [4.78, 5) is 16.6. The monoisotopic (exact) mass is 319 g/mol. The second kappa shape index (κ2) is 6.71. The van der Waals surface area contributed by atoms with E-state index in [-0.39, 0.29) is 5.91 Å². The summed E-state index contributed by atoms with van der Waals surface area (Å²) >= 11 is 0. The van der Waals surface area contributed by atoms with E-state index in [0.29, 0.717) is 12.1 Å². The van der Waals surface area contributed by atoms with Crippen molar-refractivity contribution < 1.29 is 4.79 Å². The molecule has 1 N–H and O–H groups in total. The molecule has 0 bridgehead atoms. The molecule has 4 heteroatoms. The second-order valence-electron chi connectivity index (χ2n) is 6.00. The van der Waals surface area contributed by atoms with Gasteiger partial charge in [-0.2, -0.15) is 0 Å². The number of amides is 1. The Morgan fingerprint density at radius 3 is 2.67 bits per heavy atom. The van der Waals surface area contributed by atoms with E-state index < -0.39 is 0 Å². The first-order valence-electron chi connectivity index (χ1n) is 7.99. The van der Waals surface area contributed by atoms with Crippen molar-refractivity contribution in [2.45, 2.75) is 27.3 Å². The number of aryl methyl sites for hydroxylation is 2. The van der Waals surface area contributed by atoms with Crippen molar-refractivity contribution >= 4 is 5.91 Å². The highest BCUT2D eigenvalue weighted by atomic mass is 16.1. The minimum absolute atomic E-state index is 0.0640. The van der Waals surface area contributed by atoms with E-state index in [2.05, 4.69) is 40.0 Å². The Morgan fingerprint density at radius 2 is 1.96 bits per heavy atom. The molecule has 0 atom stereocenters. The van der Waals surface area contributed by atoms with Crippen LogP contribution in [0.15, 0.2) is 54.9 Å². The van der Waals surface area contributed by atoms with Gasteiger partial charge in [-0.1, -0.05) is 18.2 Å². The SMILES string of the molecule is Cc1cccc(-n2c(C)cc(C(=O)NCc3cccnc3)c2C)c1. The Morgan fingerprint density at radius 1 is 1.12 bits per heavy atom. The highest BCUT2D eigenvalue weighted by Crippen LogP contribution is 2.21. The fraction of sp³-hybridized carbons (Fsp3) is 0.200. The molecule has 2 aromatic heterocycles. The van der Waals surface area contributed by atoms with Crippen LogP contribution in [0.4, 0.5) is 0 Å². The zero-order valence-electron chi connectivity index (χ0n) is 14.2. The zero-order valence-corrected chi connectivity index (χ0v) is 14.2. The molecule has 4 nitrogen and oxygen atoms in total. The lowest BCUT2D eigenvalue weighted by molar-refractivity contribution is 0.0950. The van der Waals surface area contributed by atoms with Crippen molar-refractivity contribution in [2.75, 3.05) is 0 Å². The Bertz CT molecular complexity index is 866. The summed E-state index contributed by atoms with van der Waals surface area (Å²) in [5.74, 6) is -0.0640. The van der Waals surface area contributed by atoms with E-state index in [0.717, 1.165) is 22.6 Å². The van der Waals surface area contributed by atoms with E-state index in [4.69, 9.17) is 0 Å². The summed E-state index contributed by atoms with van der Waals surface area (Å²) in [5, 5.41) is 2.97. The lowest BCUT2D eigenvalue weighted by Gasteiger charge is -2.11. The first-order valence-corrected chi connectivity index (χ1v) is 7.99. The number of aromatic nitrogens is 2. The third kappa shape index (κ3) is 3.23. The fourth-order valence-corrected chi connectivity index (χ4v) is 2.94. The molecule has 1 amide bonds. The number of benzene rings is 1. The lowest BCUT2D eigenvalue weighted by Crippen LogP contribution is -2.23. The molecule has 3 rings (SSSR count). The predicted octanol–water partition coefficient (Wildman–Crippen LogP) is 3.73. The minimum atomic E-state index is -0.0640. The molecule has 0 radical (unpaired) electrons. The van der Waals surface area contributed by atoms with Crippen LogP contribution in [-0.4, -0.2) is 15.5 Å². The van der Waals surface area contributed by atoms with Crippen LogP contribution in [0.1, 0.15) is 32.9 Å². The summed E-state index contributed by atoms with van der Waals surface area (Å²) in [5.41, 5.74) is 5.96. The van der Waals surface area contributed by atoms with E-state index in [1.807, 2.05) is 38.1 Å². The summed E-state index contributed by atoms with van der Waals surface area (Å²) in [6, 6.07) is 14.0. The Kier molecular flexibility index (Phi) is 4.47. The number of hydrogen-bond donors (Lipinski definition) is 1. The van der Waals surface area contributed by atoms with Gasteiger partial charge in [0.2, 0.25) is 0 Å². The maximum Gasteiger partial charge on any atom is 0.253 e. The van der Waals surface area contributed by atoms with E-state index in [1.165, 1.54) is 5.56 Å². The van der Waals surface area contributed by atoms with Gasteiger partial charge in [0.25, 0.3) is 5.91 Å². The first-order chi connectivity index (χ1) is 11.6. The largest absolute Gasteiger partial charge is 0.348 e. The van der Waals surface area contributed by atoms with Gasteiger partial charge in [0.05, 0.1) is 5.56 Å². The number of pyridine rings is 1. The number of nitrogens with one attached hydrogen (secondary N) is 1. The van der Waals surface area contributed by atoms with Gasteiger partial charge in [0.15, 0.2) is 0 Å². The van der Waals surface area contributed by atoms with Gasteiger partial charge < -0.3 is 9.88 Å². The summed E-state index contributed by atoms with van der Waals surface area (Å²) in [6.45, 7) is 6.54. The van der Waals surface area contributed by atoms with Gasteiger partial charge in [-0.05, 0) is 56.2 Å².